The van der Waals surface area contributed by atoms with Crippen LogP contribution in [0.4, 0.5) is 0 Å². The molecule has 4 nitrogen and oxygen atoms in total. The number of amides is 1. The Hall–Kier alpha value is -1.88. The topological polar surface area (TPSA) is 51.2 Å². The number of hydrogen-bond donors (Lipinski definition) is 1. The zero-order valence-corrected chi connectivity index (χ0v) is 12.9. The van der Waals surface area contributed by atoms with Crippen molar-refractivity contribution in [3.8, 4) is 5.88 Å². The first-order valence-electron chi connectivity index (χ1n) is 6.14. The molecule has 5 heteroatoms. The fourth-order valence-electron chi connectivity index (χ4n) is 1.75. The van der Waals surface area contributed by atoms with Gasteiger partial charge in [-0.1, -0.05) is 28.1 Å². The number of rotatable bonds is 4. The van der Waals surface area contributed by atoms with E-state index in [1.165, 1.54) is 0 Å². The Labute approximate surface area is 126 Å². The minimum absolute atomic E-state index is 0.128. The normalized spacial score (nSPS) is 10.2. The monoisotopic (exact) mass is 334 g/mol. The number of nitrogens with zero attached hydrogens (tertiary/aromatic N) is 1. The Morgan fingerprint density at radius 1 is 1.40 bits per heavy atom. The van der Waals surface area contributed by atoms with Crippen LogP contribution >= 0.6 is 15.9 Å². The van der Waals surface area contributed by atoms with Crippen molar-refractivity contribution in [3.05, 3.63) is 57.7 Å². The second-order valence-electron chi connectivity index (χ2n) is 4.32. The van der Waals surface area contributed by atoms with Gasteiger partial charge in [0.05, 0.1) is 7.11 Å². The van der Waals surface area contributed by atoms with Crippen LogP contribution in [0.1, 0.15) is 21.5 Å². The van der Waals surface area contributed by atoms with Crippen molar-refractivity contribution in [1.82, 2.24) is 10.3 Å². The van der Waals surface area contributed by atoms with Gasteiger partial charge in [-0.25, -0.2) is 4.98 Å². The molecule has 0 aliphatic carbocycles. The van der Waals surface area contributed by atoms with Crippen molar-refractivity contribution >= 4 is 21.8 Å². The van der Waals surface area contributed by atoms with Crippen LogP contribution in [-0.4, -0.2) is 18.0 Å². The van der Waals surface area contributed by atoms with Crippen molar-refractivity contribution < 1.29 is 9.53 Å². The van der Waals surface area contributed by atoms with E-state index in [1.807, 2.05) is 31.2 Å². The highest BCUT2D eigenvalue weighted by molar-refractivity contribution is 9.10. The summed E-state index contributed by atoms with van der Waals surface area (Å²) < 4.78 is 6.07. The lowest BCUT2D eigenvalue weighted by Gasteiger charge is -2.09. The molecule has 104 valence electrons. The molecular weight excluding hydrogens is 320 g/mol. The maximum Gasteiger partial charge on any atom is 0.251 e. The van der Waals surface area contributed by atoms with Crippen LogP contribution < -0.4 is 10.1 Å². The van der Waals surface area contributed by atoms with E-state index < -0.39 is 0 Å². The predicted molar refractivity (Wildman–Crippen MR) is 80.8 cm³/mol. The molecule has 0 fully saturated rings. The lowest BCUT2D eigenvalue weighted by Crippen LogP contribution is -2.23. The van der Waals surface area contributed by atoms with Gasteiger partial charge in [0.1, 0.15) is 0 Å². The van der Waals surface area contributed by atoms with E-state index in [-0.39, 0.29) is 5.91 Å². The zero-order valence-electron chi connectivity index (χ0n) is 11.3. The average molecular weight is 335 g/mol. The third kappa shape index (κ3) is 3.36. The molecule has 1 aromatic heterocycles. The Morgan fingerprint density at radius 2 is 2.20 bits per heavy atom. The number of benzene rings is 1. The SMILES string of the molecule is COc1ncccc1CNC(=O)c1ccc(C)c(Br)c1. The Bertz CT molecular complexity index is 629. The number of halogens is 1. The van der Waals surface area contributed by atoms with Crippen LogP contribution in [0, 0.1) is 6.92 Å². The highest BCUT2D eigenvalue weighted by Crippen LogP contribution is 2.18. The summed E-state index contributed by atoms with van der Waals surface area (Å²) in [6.07, 6.45) is 1.65. The number of carbonyl (C=O) groups excluding carboxylic acids is 1. The van der Waals surface area contributed by atoms with E-state index in [9.17, 15) is 4.79 Å². The van der Waals surface area contributed by atoms with Gasteiger partial charge in [0.2, 0.25) is 5.88 Å². The highest BCUT2D eigenvalue weighted by Gasteiger charge is 2.09. The summed E-state index contributed by atoms with van der Waals surface area (Å²) in [6, 6.07) is 9.20. The molecule has 0 aliphatic rings. The van der Waals surface area contributed by atoms with Gasteiger partial charge in [-0.15, -0.1) is 0 Å². The molecule has 0 saturated heterocycles. The standard InChI is InChI=1S/C15H15BrN2O2/c1-10-5-6-11(8-13(10)16)14(19)18-9-12-4-3-7-17-15(12)20-2/h3-8H,9H2,1-2H3,(H,18,19). The van der Waals surface area contributed by atoms with Crippen LogP contribution in [0.25, 0.3) is 0 Å². The second kappa shape index (κ2) is 6.52. The summed E-state index contributed by atoms with van der Waals surface area (Å²) in [6.45, 7) is 2.35. The molecule has 0 saturated carbocycles. The minimum Gasteiger partial charge on any atom is -0.481 e. The van der Waals surface area contributed by atoms with Crippen molar-refractivity contribution in [2.75, 3.05) is 7.11 Å². The average Bonchev–Trinajstić information content (AvgIpc) is 2.47. The molecule has 1 aromatic carbocycles. The van der Waals surface area contributed by atoms with Crippen LogP contribution in [-0.2, 0) is 6.54 Å². The van der Waals surface area contributed by atoms with Gasteiger partial charge in [-0.2, -0.15) is 0 Å². The van der Waals surface area contributed by atoms with Gasteiger partial charge in [-0.05, 0) is 30.7 Å². The van der Waals surface area contributed by atoms with E-state index in [0.29, 0.717) is 18.0 Å². The molecule has 2 rings (SSSR count). The van der Waals surface area contributed by atoms with Gasteiger partial charge in [-0.3, -0.25) is 4.79 Å². The molecule has 1 amide bonds. The number of nitrogens with one attached hydrogen (secondary N) is 1. The minimum atomic E-state index is -0.128. The van der Waals surface area contributed by atoms with Crippen molar-refractivity contribution in [2.45, 2.75) is 13.5 Å². The van der Waals surface area contributed by atoms with E-state index in [0.717, 1.165) is 15.6 Å². The van der Waals surface area contributed by atoms with Crippen LogP contribution in [0.15, 0.2) is 41.0 Å². The maximum absolute atomic E-state index is 12.1. The van der Waals surface area contributed by atoms with Crippen LogP contribution in [0.5, 0.6) is 5.88 Å². The van der Waals surface area contributed by atoms with Crippen molar-refractivity contribution in [3.63, 3.8) is 0 Å². The Balaban J connectivity index is 2.06. The summed E-state index contributed by atoms with van der Waals surface area (Å²) in [5, 5.41) is 2.86. The molecule has 0 aliphatic heterocycles. The van der Waals surface area contributed by atoms with Gasteiger partial charge in [0.25, 0.3) is 5.91 Å². The molecule has 2 aromatic rings. The molecule has 0 radical (unpaired) electrons. The number of aromatic nitrogens is 1. The first-order valence-corrected chi connectivity index (χ1v) is 6.93. The molecule has 1 heterocycles. The van der Waals surface area contributed by atoms with Gasteiger partial charge >= 0.3 is 0 Å². The molecular formula is C15H15BrN2O2. The number of methoxy groups -OCH3 is 1. The van der Waals surface area contributed by atoms with Crippen molar-refractivity contribution in [1.29, 1.82) is 0 Å². The smallest absolute Gasteiger partial charge is 0.251 e. The lowest BCUT2D eigenvalue weighted by molar-refractivity contribution is 0.0950. The summed E-state index contributed by atoms with van der Waals surface area (Å²) >= 11 is 3.42. The summed E-state index contributed by atoms with van der Waals surface area (Å²) in [7, 11) is 1.56. The first-order chi connectivity index (χ1) is 9.61. The van der Waals surface area contributed by atoms with Crippen LogP contribution in [0.3, 0.4) is 0 Å². The number of pyridine rings is 1. The van der Waals surface area contributed by atoms with E-state index in [2.05, 4.69) is 26.2 Å². The first kappa shape index (κ1) is 14.5. The Kier molecular flexibility index (Phi) is 4.74. The number of hydrogen-bond acceptors (Lipinski definition) is 3. The molecule has 0 bridgehead atoms. The molecule has 0 atom stereocenters. The fraction of sp³-hybridized carbons (Fsp3) is 0.200. The molecule has 1 N–H and O–H groups in total. The van der Waals surface area contributed by atoms with Gasteiger partial charge < -0.3 is 10.1 Å². The number of aryl methyl sites for hydroxylation is 1. The summed E-state index contributed by atoms with van der Waals surface area (Å²) in [5.74, 6) is 0.398. The zero-order chi connectivity index (χ0) is 14.5. The summed E-state index contributed by atoms with van der Waals surface area (Å²) in [5.41, 5.74) is 2.55. The van der Waals surface area contributed by atoms with Gasteiger partial charge in [0.15, 0.2) is 0 Å². The van der Waals surface area contributed by atoms with Gasteiger partial charge in [0, 0.05) is 28.3 Å². The van der Waals surface area contributed by atoms with Crippen molar-refractivity contribution in [2.24, 2.45) is 0 Å². The lowest BCUT2D eigenvalue weighted by atomic mass is 10.1. The second-order valence-corrected chi connectivity index (χ2v) is 5.17. The third-order valence-electron chi connectivity index (χ3n) is 2.92. The number of ether oxygens (including phenoxy) is 1. The Morgan fingerprint density at radius 3 is 2.90 bits per heavy atom. The quantitative estimate of drug-likeness (QED) is 0.934. The predicted octanol–water partition coefficient (Wildman–Crippen LogP) is 3.09. The third-order valence-corrected chi connectivity index (χ3v) is 3.77. The largest absolute Gasteiger partial charge is 0.481 e. The maximum atomic E-state index is 12.1. The molecule has 0 spiro atoms. The van der Waals surface area contributed by atoms with Crippen LogP contribution in [0.2, 0.25) is 0 Å². The highest BCUT2D eigenvalue weighted by atomic mass is 79.9. The van der Waals surface area contributed by atoms with E-state index in [4.69, 9.17) is 4.74 Å². The fourth-order valence-corrected chi connectivity index (χ4v) is 2.13. The molecule has 20 heavy (non-hydrogen) atoms. The summed E-state index contributed by atoms with van der Waals surface area (Å²) in [4.78, 5) is 16.2. The van der Waals surface area contributed by atoms with E-state index in [1.54, 1.807) is 19.4 Å². The number of carbonyl (C=O) groups is 1. The van der Waals surface area contributed by atoms with E-state index >= 15 is 0 Å². The molecule has 0 unspecified atom stereocenters.